The Bertz CT molecular complexity index is 1180. The van der Waals surface area contributed by atoms with Crippen molar-refractivity contribution in [2.24, 2.45) is 0 Å². The third-order valence-electron chi connectivity index (χ3n) is 5.96. The Morgan fingerprint density at radius 3 is 2.44 bits per heavy atom. The highest BCUT2D eigenvalue weighted by molar-refractivity contribution is 6.63. The van der Waals surface area contributed by atoms with E-state index in [0.717, 1.165) is 30.4 Å². The molecule has 6 nitrogen and oxygen atoms in total. The third kappa shape index (κ3) is 4.76. The molecule has 0 spiro atoms. The normalized spacial score (nSPS) is 15.4. The molecule has 1 saturated heterocycles. The molecule has 2 aromatic carbocycles. The van der Waals surface area contributed by atoms with Gasteiger partial charge in [-0.3, -0.25) is 14.4 Å². The fraction of sp³-hybridized carbons (Fsp3) is 0.320. The number of rotatable bonds is 7. The number of ether oxygens (including phenoxy) is 1. The maximum absolute atomic E-state index is 13.1. The summed E-state index contributed by atoms with van der Waals surface area (Å²) < 4.78 is 12.2. The molecular weight excluding hydrogens is 430 g/mol. The number of carbonyl (C=O) groups is 2. The van der Waals surface area contributed by atoms with Crippen LogP contribution < -0.4 is 9.91 Å². The molecule has 2 heterocycles. The zero-order chi connectivity index (χ0) is 22.6. The zero-order valence-corrected chi connectivity index (χ0v) is 18.5. The van der Waals surface area contributed by atoms with Gasteiger partial charge in [-0.2, -0.15) is 0 Å². The van der Waals surface area contributed by atoms with Crippen molar-refractivity contribution in [2.75, 3.05) is 19.8 Å². The van der Waals surface area contributed by atoms with Crippen LogP contribution in [0.2, 0.25) is 0 Å². The molecule has 0 amide bonds. The standard InChI is InChI=1S/C25H25ClNO5/c26-22(29)12-13-24(30)31-17-27(14-5-2-6-15-27)23-16-21(28)20-11-7-10-19(25(20)32-23)18-8-3-1-4-9-18/h1,3-4,7-11,16H,2,5-6,12-15,17H2/q+1. The second kappa shape index (κ2) is 9.67. The molecule has 7 heteroatoms. The highest BCUT2D eigenvalue weighted by Crippen LogP contribution is 2.34. The second-order valence-electron chi connectivity index (χ2n) is 8.15. The molecule has 4 rings (SSSR count). The van der Waals surface area contributed by atoms with Crippen LogP contribution >= 0.6 is 11.6 Å². The first-order valence-corrected chi connectivity index (χ1v) is 11.2. The average molecular weight is 455 g/mol. The van der Waals surface area contributed by atoms with Crippen LogP contribution in [0.15, 0.2) is 63.8 Å². The van der Waals surface area contributed by atoms with Gasteiger partial charge in [0, 0.05) is 12.0 Å². The van der Waals surface area contributed by atoms with E-state index in [1.165, 1.54) is 6.07 Å². The number of para-hydroxylation sites is 1. The van der Waals surface area contributed by atoms with E-state index in [1.54, 1.807) is 6.07 Å². The summed E-state index contributed by atoms with van der Waals surface area (Å²) in [7, 11) is 0. The van der Waals surface area contributed by atoms with Gasteiger partial charge in [-0.25, -0.2) is 4.48 Å². The van der Waals surface area contributed by atoms with E-state index in [0.29, 0.717) is 29.9 Å². The second-order valence-corrected chi connectivity index (χ2v) is 8.57. The van der Waals surface area contributed by atoms with E-state index < -0.39 is 11.2 Å². The lowest BCUT2D eigenvalue weighted by Gasteiger charge is -2.38. The molecule has 0 aliphatic carbocycles. The number of hydrogen-bond acceptors (Lipinski definition) is 5. The van der Waals surface area contributed by atoms with Crippen LogP contribution in [0.4, 0.5) is 5.88 Å². The molecule has 0 saturated carbocycles. The van der Waals surface area contributed by atoms with E-state index >= 15 is 0 Å². The Morgan fingerprint density at radius 2 is 1.72 bits per heavy atom. The first kappa shape index (κ1) is 22.2. The fourth-order valence-electron chi connectivity index (χ4n) is 4.24. The van der Waals surface area contributed by atoms with Crippen LogP contribution in [-0.2, 0) is 14.3 Å². The van der Waals surface area contributed by atoms with Gasteiger partial charge in [-0.1, -0.05) is 42.5 Å². The quantitative estimate of drug-likeness (QED) is 0.285. The van der Waals surface area contributed by atoms with Crippen LogP contribution in [0, 0.1) is 0 Å². The molecule has 32 heavy (non-hydrogen) atoms. The zero-order valence-electron chi connectivity index (χ0n) is 17.7. The summed E-state index contributed by atoms with van der Waals surface area (Å²) in [4.78, 5) is 36.2. The van der Waals surface area contributed by atoms with Crippen molar-refractivity contribution in [3.63, 3.8) is 0 Å². The Balaban J connectivity index is 1.74. The van der Waals surface area contributed by atoms with Crippen LogP contribution in [0.3, 0.4) is 0 Å². The summed E-state index contributed by atoms with van der Waals surface area (Å²) in [5.41, 5.74) is 2.21. The van der Waals surface area contributed by atoms with Crippen molar-refractivity contribution in [3.05, 3.63) is 64.8 Å². The average Bonchev–Trinajstić information content (AvgIpc) is 2.82. The van der Waals surface area contributed by atoms with Crippen molar-refractivity contribution >= 4 is 39.7 Å². The lowest BCUT2D eigenvalue weighted by Crippen LogP contribution is -2.54. The lowest BCUT2D eigenvalue weighted by atomic mass is 10.0. The van der Waals surface area contributed by atoms with Crippen LogP contribution in [0.5, 0.6) is 0 Å². The summed E-state index contributed by atoms with van der Waals surface area (Å²) in [6.07, 6.45) is 2.80. The molecule has 0 bridgehead atoms. The molecule has 1 fully saturated rings. The molecule has 166 valence electrons. The molecule has 0 radical (unpaired) electrons. The van der Waals surface area contributed by atoms with Gasteiger partial charge < -0.3 is 9.15 Å². The molecule has 3 aromatic rings. The van der Waals surface area contributed by atoms with Crippen molar-refractivity contribution in [2.45, 2.75) is 32.1 Å². The van der Waals surface area contributed by atoms with E-state index in [4.69, 9.17) is 20.8 Å². The summed E-state index contributed by atoms with van der Waals surface area (Å²) in [5, 5.41) is -0.0549. The molecule has 1 aliphatic rings. The summed E-state index contributed by atoms with van der Waals surface area (Å²) >= 11 is 5.33. The van der Waals surface area contributed by atoms with Gasteiger partial charge in [-0.05, 0) is 42.5 Å². The first-order chi connectivity index (χ1) is 15.5. The number of likely N-dealkylation sites (tertiary alicyclic amines) is 1. The van der Waals surface area contributed by atoms with E-state index in [1.807, 2.05) is 42.5 Å². The van der Waals surface area contributed by atoms with Gasteiger partial charge in [-0.15, -0.1) is 0 Å². The topological polar surface area (TPSA) is 73.6 Å². The van der Waals surface area contributed by atoms with Crippen LogP contribution in [0.1, 0.15) is 32.1 Å². The van der Waals surface area contributed by atoms with Crippen molar-refractivity contribution in [1.29, 1.82) is 0 Å². The number of nitrogens with zero attached hydrogens (tertiary/aromatic N) is 1. The van der Waals surface area contributed by atoms with Gasteiger partial charge >= 0.3 is 11.9 Å². The largest absolute Gasteiger partial charge is 0.414 e. The molecular formula is C25H25ClNO5+. The minimum absolute atomic E-state index is 0.0528. The van der Waals surface area contributed by atoms with Gasteiger partial charge in [0.2, 0.25) is 12.0 Å². The van der Waals surface area contributed by atoms with E-state index in [-0.39, 0.29) is 29.5 Å². The lowest BCUT2D eigenvalue weighted by molar-refractivity contribution is -0.149. The predicted octanol–water partition coefficient (Wildman–Crippen LogP) is 5.00. The third-order valence-corrected chi connectivity index (χ3v) is 6.15. The highest BCUT2D eigenvalue weighted by Gasteiger charge is 2.37. The Labute approximate surface area is 190 Å². The van der Waals surface area contributed by atoms with Gasteiger partial charge in [0.25, 0.3) is 0 Å². The molecule has 0 N–H and O–H groups in total. The monoisotopic (exact) mass is 454 g/mol. The minimum Gasteiger partial charge on any atom is -0.414 e. The van der Waals surface area contributed by atoms with E-state index in [9.17, 15) is 14.4 Å². The molecule has 1 aliphatic heterocycles. The predicted molar refractivity (Wildman–Crippen MR) is 124 cm³/mol. The number of fused-ring (bicyclic) bond motifs is 1. The number of carbonyl (C=O) groups excluding carboxylic acids is 2. The number of benzene rings is 2. The van der Waals surface area contributed by atoms with Gasteiger partial charge in [0.05, 0.1) is 31.0 Å². The van der Waals surface area contributed by atoms with Gasteiger partial charge in [0.1, 0.15) is 0 Å². The maximum Gasteiger partial charge on any atom is 0.310 e. The van der Waals surface area contributed by atoms with E-state index in [2.05, 4.69) is 0 Å². The number of hydrogen-bond donors (Lipinski definition) is 0. The SMILES string of the molecule is O=C(Cl)CCC(=O)OC[N+]1(c2cc(=O)c3cccc(-c4ccccc4)c3o2)CCCCC1. The fourth-order valence-corrected chi connectivity index (χ4v) is 4.34. The Kier molecular flexibility index (Phi) is 6.72. The van der Waals surface area contributed by atoms with Crippen molar-refractivity contribution in [3.8, 4) is 11.1 Å². The first-order valence-electron chi connectivity index (χ1n) is 10.8. The summed E-state index contributed by atoms with van der Waals surface area (Å²) in [5.74, 6) is 0.00184. The number of piperidine rings is 1. The molecule has 0 unspecified atom stereocenters. The summed E-state index contributed by atoms with van der Waals surface area (Å²) in [6.45, 7) is 1.45. The minimum atomic E-state index is -0.571. The highest BCUT2D eigenvalue weighted by atomic mass is 35.5. The summed E-state index contributed by atoms with van der Waals surface area (Å²) in [6, 6.07) is 16.9. The smallest absolute Gasteiger partial charge is 0.310 e. The number of esters is 1. The number of quaternary nitrogens is 1. The maximum atomic E-state index is 13.1. The van der Waals surface area contributed by atoms with Crippen LogP contribution in [-0.4, -0.2) is 31.0 Å². The Morgan fingerprint density at radius 1 is 0.969 bits per heavy atom. The van der Waals surface area contributed by atoms with Gasteiger partial charge in [0.15, 0.2) is 11.0 Å². The van der Waals surface area contributed by atoms with Crippen molar-refractivity contribution in [1.82, 2.24) is 4.48 Å². The molecule has 1 aromatic heterocycles. The Hall–Kier alpha value is -2.96. The number of halogens is 1. The van der Waals surface area contributed by atoms with Crippen molar-refractivity contribution < 1.29 is 18.7 Å². The van der Waals surface area contributed by atoms with Crippen LogP contribution in [0.25, 0.3) is 22.1 Å². The molecule has 0 atom stereocenters.